The van der Waals surface area contributed by atoms with E-state index in [4.69, 9.17) is 0 Å². The maximum absolute atomic E-state index is 13.5. The minimum absolute atomic E-state index is 0.0573. The van der Waals surface area contributed by atoms with Crippen molar-refractivity contribution in [3.8, 4) is 0 Å². The van der Waals surface area contributed by atoms with E-state index in [-0.39, 0.29) is 5.41 Å². The number of rotatable bonds is 0. The highest BCUT2D eigenvalue weighted by Gasteiger charge is 2.43. The highest BCUT2D eigenvalue weighted by atomic mass is 19.1. The summed E-state index contributed by atoms with van der Waals surface area (Å²) < 4.78 is 13.5. The fourth-order valence-corrected chi connectivity index (χ4v) is 2.16. The monoisotopic (exact) mass is 158 g/mol. The number of halogens is 1. The van der Waals surface area contributed by atoms with E-state index in [9.17, 15) is 4.39 Å². The van der Waals surface area contributed by atoms with E-state index in [0.717, 1.165) is 32.6 Å². The van der Waals surface area contributed by atoms with Crippen LogP contribution in [-0.4, -0.2) is 32.4 Å². The first-order chi connectivity index (χ1) is 5.33. The molecule has 0 radical (unpaired) electrons. The van der Waals surface area contributed by atoms with Crippen molar-refractivity contribution in [2.75, 3.05) is 26.2 Å². The predicted octanol–water partition coefficient (Wildman–Crippen LogP) is 0.297. The van der Waals surface area contributed by atoms with Crippen molar-refractivity contribution in [1.29, 1.82) is 0 Å². The second-order valence-electron chi connectivity index (χ2n) is 3.72. The van der Waals surface area contributed by atoms with Crippen LogP contribution in [0.25, 0.3) is 0 Å². The van der Waals surface area contributed by atoms with E-state index in [2.05, 4.69) is 10.6 Å². The van der Waals surface area contributed by atoms with Crippen LogP contribution in [0.3, 0.4) is 0 Å². The minimum Gasteiger partial charge on any atom is -0.316 e. The molecule has 0 amide bonds. The molecule has 0 aromatic carbocycles. The van der Waals surface area contributed by atoms with E-state index < -0.39 is 6.17 Å². The smallest absolute Gasteiger partial charge is 0.109 e. The molecule has 0 saturated carbocycles. The molecule has 2 aliphatic heterocycles. The minimum atomic E-state index is -0.584. The molecule has 1 spiro atoms. The van der Waals surface area contributed by atoms with Crippen molar-refractivity contribution < 1.29 is 4.39 Å². The average Bonchev–Trinajstić information content (AvgIpc) is 2.46. The van der Waals surface area contributed by atoms with Gasteiger partial charge in [-0.15, -0.1) is 0 Å². The maximum atomic E-state index is 13.5. The van der Waals surface area contributed by atoms with Gasteiger partial charge >= 0.3 is 0 Å². The molecule has 2 rings (SSSR count). The van der Waals surface area contributed by atoms with Crippen molar-refractivity contribution in [2.45, 2.75) is 19.0 Å². The second kappa shape index (κ2) is 2.72. The first-order valence-corrected chi connectivity index (χ1v) is 4.39. The molecular weight excluding hydrogens is 143 g/mol. The number of alkyl halides is 1. The molecule has 0 aromatic rings. The van der Waals surface area contributed by atoms with Gasteiger partial charge in [-0.25, -0.2) is 4.39 Å². The van der Waals surface area contributed by atoms with Crippen LogP contribution >= 0.6 is 0 Å². The van der Waals surface area contributed by atoms with Crippen LogP contribution < -0.4 is 10.6 Å². The summed E-state index contributed by atoms with van der Waals surface area (Å²) in [5.41, 5.74) is -0.0573. The molecule has 3 heteroatoms. The second-order valence-corrected chi connectivity index (χ2v) is 3.72. The summed E-state index contributed by atoms with van der Waals surface area (Å²) >= 11 is 0. The molecule has 11 heavy (non-hydrogen) atoms. The first kappa shape index (κ1) is 7.50. The summed E-state index contributed by atoms with van der Waals surface area (Å²) in [4.78, 5) is 0. The van der Waals surface area contributed by atoms with Gasteiger partial charge in [0.2, 0.25) is 0 Å². The Bertz CT molecular complexity index is 143. The van der Waals surface area contributed by atoms with Gasteiger partial charge in [-0.3, -0.25) is 0 Å². The average molecular weight is 158 g/mol. The zero-order valence-electron chi connectivity index (χ0n) is 6.70. The SMILES string of the molecule is FC1CCNCC12CCNC2. The summed E-state index contributed by atoms with van der Waals surface area (Å²) in [6, 6.07) is 0. The van der Waals surface area contributed by atoms with E-state index >= 15 is 0 Å². The predicted molar refractivity (Wildman–Crippen MR) is 42.3 cm³/mol. The molecular formula is C8H15FN2. The lowest BCUT2D eigenvalue weighted by atomic mass is 9.78. The molecule has 64 valence electrons. The number of nitrogens with one attached hydrogen (secondary N) is 2. The van der Waals surface area contributed by atoms with Crippen molar-refractivity contribution >= 4 is 0 Å². The topological polar surface area (TPSA) is 24.1 Å². The zero-order chi connectivity index (χ0) is 7.73. The Morgan fingerprint density at radius 1 is 1.18 bits per heavy atom. The molecule has 0 bridgehead atoms. The summed E-state index contributed by atoms with van der Waals surface area (Å²) in [7, 11) is 0. The molecule has 2 aliphatic rings. The number of hydrogen-bond donors (Lipinski definition) is 2. The quantitative estimate of drug-likeness (QED) is 0.530. The molecule has 0 aliphatic carbocycles. The van der Waals surface area contributed by atoms with Gasteiger partial charge in [0.05, 0.1) is 0 Å². The van der Waals surface area contributed by atoms with Gasteiger partial charge in [0.1, 0.15) is 6.17 Å². The Balaban J connectivity index is 2.07. The van der Waals surface area contributed by atoms with Crippen LogP contribution in [0.4, 0.5) is 4.39 Å². The molecule has 2 fully saturated rings. The van der Waals surface area contributed by atoms with E-state index in [0.29, 0.717) is 6.42 Å². The number of hydrogen-bond acceptors (Lipinski definition) is 2. The van der Waals surface area contributed by atoms with Gasteiger partial charge in [0.25, 0.3) is 0 Å². The van der Waals surface area contributed by atoms with Crippen LogP contribution in [0.1, 0.15) is 12.8 Å². The van der Waals surface area contributed by atoms with Gasteiger partial charge in [-0.1, -0.05) is 0 Å². The third-order valence-electron chi connectivity index (χ3n) is 2.99. The maximum Gasteiger partial charge on any atom is 0.109 e. The summed E-state index contributed by atoms with van der Waals surface area (Å²) in [6.45, 7) is 3.56. The van der Waals surface area contributed by atoms with E-state index in [1.807, 2.05) is 0 Å². The summed E-state index contributed by atoms with van der Waals surface area (Å²) in [5, 5.41) is 6.50. The summed E-state index contributed by atoms with van der Waals surface area (Å²) in [5.74, 6) is 0. The lowest BCUT2D eigenvalue weighted by Gasteiger charge is -2.36. The van der Waals surface area contributed by atoms with Gasteiger partial charge < -0.3 is 10.6 Å². The van der Waals surface area contributed by atoms with Crippen LogP contribution in [0.2, 0.25) is 0 Å². The van der Waals surface area contributed by atoms with E-state index in [1.165, 1.54) is 0 Å². The normalized spacial score (nSPS) is 45.0. The Kier molecular flexibility index (Phi) is 1.85. The van der Waals surface area contributed by atoms with Gasteiger partial charge in [0, 0.05) is 18.5 Å². The molecule has 2 heterocycles. The van der Waals surface area contributed by atoms with E-state index in [1.54, 1.807) is 0 Å². The van der Waals surface area contributed by atoms with Crippen LogP contribution in [0, 0.1) is 5.41 Å². The zero-order valence-corrected chi connectivity index (χ0v) is 6.70. The Morgan fingerprint density at radius 2 is 1.91 bits per heavy atom. The Hall–Kier alpha value is -0.150. The third kappa shape index (κ3) is 1.16. The van der Waals surface area contributed by atoms with Crippen molar-refractivity contribution in [1.82, 2.24) is 10.6 Å². The lowest BCUT2D eigenvalue weighted by molar-refractivity contribution is 0.0876. The largest absolute Gasteiger partial charge is 0.316 e. The molecule has 2 unspecified atom stereocenters. The Morgan fingerprint density at radius 3 is 2.55 bits per heavy atom. The highest BCUT2D eigenvalue weighted by Crippen LogP contribution is 2.34. The van der Waals surface area contributed by atoms with Crippen LogP contribution in [0.5, 0.6) is 0 Å². The molecule has 2 nitrogen and oxygen atoms in total. The third-order valence-corrected chi connectivity index (χ3v) is 2.99. The Labute approximate surface area is 66.5 Å². The standard InChI is InChI=1S/C8H15FN2/c9-7-1-3-10-5-8(7)2-4-11-6-8/h7,10-11H,1-6H2. The van der Waals surface area contributed by atoms with Gasteiger partial charge in [-0.2, -0.15) is 0 Å². The summed E-state index contributed by atoms with van der Waals surface area (Å²) in [6.07, 6.45) is 1.11. The molecule has 2 N–H and O–H groups in total. The highest BCUT2D eigenvalue weighted by molar-refractivity contribution is 4.97. The van der Waals surface area contributed by atoms with Crippen LogP contribution in [-0.2, 0) is 0 Å². The number of piperidine rings is 1. The van der Waals surface area contributed by atoms with Crippen molar-refractivity contribution in [3.05, 3.63) is 0 Å². The van der Waals surface area contributed by atoms with Crippen molar-refractivity contribution in [3.63, 3.8) is 0 Å². The lowest BCUT2D eigenvalue weighted by Crippen LogP contribution is -2.49. The fraction of sp³-hybridized carbons (Fsp3) is 1.00. The van der Waals surface area contributed by atoms with Gasteiger partial charge in [-0.05, 0) is 25.9 Å². The molecule has 2 saturated heterocycles. The van der Waals surface area contributed by atoms with Crippen molar-refractivity contribution in [2.24, 2.45) is 5.41 Å². The fourth-order valence-electron chi connectivity index (χ4n) is 2.16. The molecule has 0 aromatic heterocycles. The molecule has 2 atom stereocenters. The van der Waals surface area contributed by atoms with Gasteiger partial charge in [0.15, 0.2) is 0 Å². The first-order valence-electron chi connectivity index (χ1n) is 4.39. The van der Waals surface area contributed by atoms with Crippen LogP contribution in [0.15, 0.2) is 0 Å².